The van der Waals surface area contributed by atoms with Gasteiger partial charge in [-0.25, -0.2) is 0 Å². The maximum absolute atomic E-state index is 13.3. The van der Waals surface area contributed by atoms with E-state index in [2.05, 4.69) is 0 Å². The van der Waals surface area contributed by atoms with Crippen molar-refractivity contribution in [3.8, 4) is 11.5 Å². The molecule has 37 heavy (non-hydrogen) atoms. The molecule has 0 aliphatic heterocycles. The van der Waals surface area contributed by atoms with E-state index in [0.717, 1.165) is 19.9 Å². The van der Waals surface area contributed by atoms with Crippen LogP contribution in [0.5, 0.6) is 11.5 Å². The van der Waals surface area contributed by atoms with Crippen LogP contribution in [0.15, 0.2) is 36.4 Å². The van der Waals surface area contributed by atoms with Crippen LogP contribution >= 0.6 is 0 Å². The van der Waals surface area contributed by atoms with Gasteiger partial charge in [0.1, 0.15) is 11.5 Å². The summed E-state index contributed by atoms with van der Waals surface area (Å²) >= 11 is 0. The van der Waals surface area contributed by atoms with Crippen molar-refractivity contribution in [2.24, 2.45) is 0 Å². The second kappa shape index (κ2) is 8.58. The van der Waals surface area contributed by atoms with Crippen LogP contribution in [0, 0.1) is 0 Å². The zero-order valence-electron chi connectivity index (χ0n) is 18.3. The van der Waals surface area contributed by atoms with Gasteiger partial charge in [0.2, 0.25) is 0 Å². The van der Waals surface area contributed by atoms with Gasteiger partial charge in [-0.05, 0) is 29.3 Å². The highest BCUT2D eigenvalue weighted by molar-refractivity contribution is 5.50. The Balaban J connectivity index is 2.75. The van der Waals surface area contributed by atoms with Crippen molar-refractivity contribution in [1.29, 1.82) is 0 Å². The van der Waals surface area contributed by atoms with Crippen molar-refractivity contribution in [2.75, 3.05) is 0 Å². The number of benzene rings is 2. The molecule has 2 rings (SSSR count). The SMILES string of the molecule is CC(C)(c1ccc(C(O)(C(F)(F)F)C(F)(F)F)c(O)c1)c1ccc(O)c(C(O)(C(F)(F)F)C(F)(F)F)c1. The van der Waals surface area contributed by atoms with E-state index in [1.807, 2.05) is 0 Å². The zero-order chi connectivity index (χ0) is 29.2. The van der Waals surface area contributed by atoms with E-state index in [1.165, 1.54) is 0 Å². The van der Waals surface area contributed by atoms with Gasteiger partial charge in [0.05, 0.1) is 0 Å². The number of hydrogen-bond donors (Lipinski definition) is 4. The molecular formula is C21H16F12O4. The zero-order valence-corrected chi connectivity index (χ0v) is 18.3. The second-order valence-electron chi connectivity index (χ2n) is 8.50. The first-order chi connectivity index (χ1) is 16.2. The van der Waals surface area contributed by atoms with E-state index < -0.39 is 75.1 Å². The van der Waals surface area contributed by atoms with Gasteiger partial charge in [0.15, 0.2) is 0 Å². The van der Waals surface area contributed by atoms with Gasteiger partial charge in [-0.15, -0.1) is 0 Å². The van der Waals surface area contributed by atoms with Crippen LogP contribution < -0.4 is 0 Å². The molecule has 2 aromatic rings. The fourth-order valence-electron chi connectivity index (χ4n) is 3.54. The van der Waals surface area contributed by atoms with E-state index in [4.69, 9.17) is 0 Å². The smallest absolute Gasteiger partial charge is 0.430 e. The van der Waals surface area contributed by atoms with Crippen molar-refractivity contribution in [3.63, 3.8) is 0 Å². The molecule has 16 heteroatoms. The van der Waals surface area contributed by atoms with Crippen molar-refractivity contribution in [2.45, 2.75) is 55.2 Å². The molecule has 0 saturated carbocycles. The third kappa shape index (κ3) is 4.64. The highest BCUT2D eigenvalue weighted by Crippen LogP contribution is 2.54. The van der Waals surface area contributed by atoms with Gasteiger partial charge in [-0.2, -0.15) is 52.7 Å². The van der Waals surface area contributed by atoms with Crippen molar-refractivity contribution in [3.05, 3.63) is 58.7 Å². The lowest BCUT2D eigenvalue weighted by molar-refractivity contribution is -0.377. The lowest BCUT2D eigenvalue weighted by Crippen LogP contribution is -2.54. The van der Waals surface area contributed by atoms with Gasteiger partial charge in [-0.1, -0.05) is 32.0 Å². The van der Waals surface area contributed by atoms with Gasteiger partial charge in [-0.3, -0.25) is 0 Å². The summed E-state index contributed by atoms with van der Waals surface area (Å²) in [6.45, 7) is 2.11. The number of aromatic hydroxyl groups is 2. The topological polar surface area (TPSA) is 80.9 Å². The van der Waals surface area contributed by atoms with E-state index in [0.29, 0.717) is 18.2 Å². The molecule has 2 aromatic carbocycles. The van der Waals surface area contributed by atoms with Gasteiger partial charge in [0, 0.05) is 16.5 Å². The minimum absolute atomic E-state index is 0.0382. The molecular weight excluding hydrogens is 544 g/mol. The highest BCUT2D eigenvalue weighted by Gasteiger charge is 2.73. The molecule has 208 valence electrons. The van der Waals surface area contributed by atoms with Gasteiger partial charge in [0.25, 0.3) is 11.2 Å². The van der Waals surface area contributed by atoms with Gasteiger partial charge >= 0.3 is 24.7 Å². The van der Waals surface area contributed by atoms with Crippen LogP contribution in [0.4, 0.5) is 52.7 Å². The molecule has 0 radical (unpaired) electrons. The number of hydrogen-bond acceptors (Lipinski definition) is 4. The lowest BCUT2D eigenvalue weighted by Gasteiger charge is -2.35. The van der Waals surface area contributed by atoms with Crippen molar-refractivity contribution in [1.82, 2.24) is 0 Å². The number of rotatable bonds is 4. The molecule has 0 aliphatic rings. The third-order valence-electron chi connectivity index (χ3n) is 5.86. The summed E-state index contributed by atoms with van der Waals surface area (Å²) in [5.74, 6) is -3.38. The predicted molar refractivity (Wildman–Crippen MR) is 100 cm³/mol. The third-order valence-corrected chi connectivity index (χ3v) is 5.86. The number of phenols is 2. The summed E-state index contributed by atoms with van der Waals surface area (Å²) in [6, 6.07) is 2.08. The van der Waals surface area contributed by atoms with Gasteiger partial charge < -0.3 is 20.4 Å². The van der Waals surface area contributed by atoms with Crippen LogP contribution in [-0.4, -0.2) is 45.1 Å². The number of halogens is 12. The predicted octanol–water partition coefficient (Wildman–Crippen LogP) is 6.05. The van der Waals surface area contributed by atoms with E-state index >= 15 is 0 Å². The fraction of sp³-hybridized carbons (Fsp3) is 0.429. The van der Waals surface area contributed by atoms with Crippen LogP contribution in [0.1, 0.15) is 36.1 Å². The fourth-order valence-corrected chi connectivity index (χ4v) is 3.54. The summed E-state index contributed by atoms with van der Waals surface area (Å²) < 4.78 is 159. The summed E-state index contributed by atoms with van der Waals surface area (Å²) in [6.07, 6.45) is -25.5. The summed E-state index contributed by atoms with van der Waals surface area (Å²) in [5, 5.41) is 38.8. The molecule has 4 nitrogen and oxygen atoms in total. The number of alkyl halides is 12. The summed E-state index contributed by atoms with van der Waals surface area (Å²) in [5.41, 5.74) is -18.0. The molecule has 0 bridgehead atoms. The van der Waals surface area contributed by atoms with Crippen molar-refractivity contribution < 1.29 is 73.1 Å². The Morgan fingerprint density at radius 1 is 0.486 bits per heavy atom. The largest absolute Gasteiger partial charge is 0.508 e. The molecule has 0 spiro atoms. The molecule has 0 atom stereocenters. The Kier molecular flexibility index (Phi) is 7.03. The summed E-state index contributed by atoms with van der Waals surface area (Å²) in [4.78, 5) is 0. The Morgan fingerprint density at radius 2 is 0.838 bits per heavy atom. The number of phenolic OH excluding ortho intramolecular Hbond substituents is 2. The molecule has 0 heterocycles. The lowest BCUT2D eigenvalue weighted by atomic mass is 9.75. The molecule has 4 N–H and O–H groups in total. The minimum atomic E-state index is -6.38. The maximum Gasteiger partial charge on any atom is 0.430 e. The molecule has 0 aromatic heterocycles. The minimum Gasteiger partial charge on any atom is -0.508 e. The first kappa shape index (κ1) is 30.3. The van der Waals surface area contributed by atoms with E-state index in [-0.39, 0.29) is 12.1 Å². The highest BCUT2D eigenvalue weighted by atomic mass is 19.4. The maximum atomic E-state index is 13.3. The molecule has 0 saturated heterocycles. The van der Waals surface area contributed by atoms with Crippen molar-refractivity contribution >= 4 is 0 Å². The van der Waals surface area contributed by atoms with Crippen LogP contribution in [-0.2, 0) is 16.6 Å². The summed E-state index contributed by atoms with van der Waals surface area (Å²) in [7, 11) is 0. The quantitative estimate of drug-likeness (QED) is 0.344. The Labute approximate surface area is 199 Å². The monoisotopic (exact) mass is 560 g/mol. The Hall–Kier alpha value is -2.88. The molecule has 0 fully saturated rings. The average molecular weight is 560 g/mol. The Morgan fingerprint density at radius 3 is 1.22 bits per heavy atom. The average Bonchev–Trinajstić information content (AvgIpc) is 2.69. The van der Waals surface area contributed by atoms with Crippen LogP contribution in [0.25, 0.3) is 0 Å². The number of aliphatic hydroxyl groups is 2. The first-order valence-electron chi connectivity index (χ1n) is 9.64. The molecule has 0 amide bonds. The molecule has 0 aliphatic carbocycles. The van der Waals surface area contributed by atoms with Crippen LogP contribution in [0.3, 0.4) is 0 Å². The molecule has 0 unspecified atom stereocenters. The first-order valence-corrected chi connectivity index (χ1v) is 9.64. The standard InChI is InChI=1S/C21H16F12O4/c1-15(2,9-4-6-13(34)12(7-9)17(37,20(28,29)30)21(31,32)33)10-3-5-11(14(35)8-10)16(36,18(22,23)24)19(25,26)27/h3-8,34-37H,1-2H3. The normalized spacial score (nSPS) is 14.7. The Bertz CT molecular complexity index is 1130. The van der Waals surface area contributed by atoms with E-state index in [9.17, 15) is 73.1 Å². The second-order valence-corrected chi connectivity index (χ2v) is 8.50. The van der Waals surface area contributed by atoms with Crippen LogP contribution in [0.2, 0.25) is 0 Å². The van der Waals surface area contributed by atoms with E-state index in [1.54, 1.807) is 0 Å².